The summed E-state index contributed by atoms with van der Waals surface area (Å²) in [7, 11) is 0. The lowest BCUT2D eigenvalue weighted by atomic mass is 9.98. The van der Waals surface area contributed by atoms with Crippen LogP contribution in [-0.2, 0) is 4.74 Å². The van der Waals surface area contributed by atoms with Gasteiger partial charge in [0, 0.05) is 32.4 Å². The maximum atomic E-state index is 5.86. The Morgan fingerprint density at radius 3 is 2.82 bits per heavy atom. The van der Waals surface area contributed by atoms with E-state index in [2.05, 4.69) is 14.9 Å². The van der Waals surface area contributed by atoms with Gasteiger partial charge in [-0.1, -0.05) is 11.6 Å². The molecule has 0 N–H and O–H groups in total. The summed E-state index contributed by atoms with van der Waals surface area (Å²) in [5.74, 6) is 1.61. The Balaban J connectivity index is 1.86. The highest BCUT2D eigenvalue weighted by atomic mass is 35.5. The molecule has 2 heterocycles. The lowest BCUT2D eigenvalue weighted by Gasteiger charge is -2.32. The molecule has 0 bridgehead atoms. The molecular formula is C12H18ClN3O. The maximum absolute atomic E-state index is 5.86. The van der Waals surface area contributed by atoms with Crippen molar-refractivity contribution in [1.82, 2.24) is 9.97 Å². The monoisotopic (exact) mass is 255 g/mol. The lowest BCUT2D eigenvalue weighted by Crippen LogP contribution is -2.35. The van der Waals surface area contributed by atoms with Gasteiger partial charge in [0.05, 0.1) is 0 Å². The molecule has 5 heteroatoms. The molecular weight excluding hydrogens is 238 g/mol. The maximum Gasteiger partial charge on any atom is 0.134 e. The van der Waals surface area contributed by atoms with Crippen molar-refractivity contribution in [3.8, 4) is 0 Å². The normalized spacial score (nSPS) is 17.4. The molecule has 4 nitrogen and oxygen atoms in total. The molecule has 0 saturated carbocycles. The van der Waals surface area contributed by atoms with E-state index >= 15 is 0 Å². The van der Waals surface area contributed by atoms with Gasteiger partial charge < -0.3 is 9.64 Å². The quantitative estimate of drug-likeness (QED) is 0.775. The second-order valence-corrected chi connectivity index (χ2v) is 4.68. The Morgan fingerprint density at radius 1 is 1.41 bits per heavy atom. The number of piperidine rings is 1. The van der Waals surface area contributed by atoms with Crippen LogP contribution in [0.25, 0.3) is 0 Å². The fraction of sp³-hybridized carbons (Fsp3) is 0.667. The molecule has 2 rings (SSSR count). The van der Waals surface area contributed by atoms with Gasteiger partial charge >= 0.3 is 0 Å². The fourth-order valence-corrected chi connectivity index (χ4v) is 2.25. The van der Waals surface area contributed by atoms with E-state index in [1.807, 2.05) is 13.0 Å². The van der Waals surface area contributed by atoms with Crippen LogP contribution in [0.15, 0.2) is 12.4 Å². The minimum atomic E-state index is 0.506. The molecule has 1 aliphatic heterocycles. The number of halogens is 1. The third-order valence-corrected chi connectivity index (χ3v) is 3.32. The van der Waals surface area contributed by atoms with Crippen molar-refractivity contribution >= 4 is 17.4 Å². The van der Waals surface area contributed by atoms with E-state index in [1.54, 1.807) is 0 Å². The number of aromatic nitrogens is 2. The molecule has 0 aliphatic carbocycles. The molecule has 0 amide bonds. The Morgan fingerprint density at radius 2 is 2.18 bits per heavy atom. The molecule has 1 fully saturated rings. The first kappa shape index (κ1) is 12.6. The van der Waals surface area contributed by atoms with Gasteiger partial charge in [0.15, 0.2) is 0 Å². The average molecular weight is 256 g/mol. The molecule has 0 atom stereocenters. The average Bonchev–Trinajstić information content (AvgIpc) is 2.37. The highest BCUT2D eigenvalue weighted by molar-refractivity contribution is 6.29. The van der Waals surface area contributed by atoms with Gasteiger partial charge in [0.25, 0.3) is 0 Å². The van der Waals surface area contributed by atoms with Crippen molar-refractivity contribution in [3.63, 3.8) is 0 Å². The smallest absolute Gasteiger partial charge is 0.134 e. The highest BCUT2D eigenvalue weighted by Crippen LogP contribution is 2.22. The largest absolute Gasteiger partial charge is 0.381 e. The molecule has 1 saturated heterocycles. The van der Waals surface area contributed by atoms with Gasteiger partial charge in [-0.15, -0.1) is 0 Å². The Bertz CT molecular complexity index is 353. The molecule has 0 radical (unpaired) electrons. The Labute approximate surface area is 107 Å². The topological polar surface area (TPSA) is 38.2 Å². The first-order chi connectivity index (χ1) is 8.29. The van der Waals surface area contributed by atoms with Crippen molar-refractivity contribution in [1.29, 1.82) is 0 Å². The van der Waals surface area contributed by atoms with E-state index in [-0.39, 0.29) is 0 Å². The lowest BCUT2D eigenvalue weighted by molar-refractivity contribution is 0.100. The predicted octanol–water partition coefficient (Wildman–Crippen LogP) is 2.38. The van der Waals surface area contributed by atoms with Crippen LogP contribution in [0.1, 0.15) is 19.8 Å². The zero-order valence-corrected chi connectivity index (χ0v) is 10.9. The van der Waals surface area contributed by atoms with Crippen molar-refractivity contribution < 1.29 is 4.74 Å². The molecule has 1 aromatic rings. The molecule has 1 aromatic heterocycles. The van der Waals surface area contributed by atoms with Gasteiger partial charge in [0.2, 0.25) is 0 Å². The number of ether oxygens (including phenoxy) is 1. The summed E-state index contributed by atoms with van der Waals surface area (Å²) in [5, 5.41) is 0.506. The van der Waals surface area contributed by atoms with Crippen molar-refractivity contribution in [2.75, 3.05) is 31.2 Å². The van der Waals surface area contributed by atoms with Gasteiger partial charge in [-0.25, -0.2) is 9.97 Å². The third kappa shape index (κ3) is 3.54. The van der Waals surface area contributed by atoms with E-state index < -0.39 is 0 Å². The predicted molar refractivity (Wildman–Crippen MR) is 68.5 cm³/mol. The molecule has 0 aromatic carbocycles. The highest BCUT2D eigenvalue weighted by Gasteiger charge is 2.20. The van der Waals surface area contributed by atoms with Crippen LogP contribution in [0.5, 0.6) is 0 Å². The van der Waals surface area contributed by atoms with Crippen LogP contribution in [0.2, 0.25) is 5.15 Å². The number of nitrogens with zero attached hydrogens (tertiary/aromatic N) is 3. The summed E-state index contributed by atoms with van der Waals surface area (Å²) < 4.78 is 5.47. The van der Waals surface area contributed by atoms with E-state index in [9.17, 15) is 0 Å². The van der Waals surface area contributed by atoms with Gasteiger partial charge in [-0.3, -0.25) is 0 Å². The van der Waals surface area contributed by atoms with Crippen molar-refractivity contribution in [2.24, 2.45) is 5.92 Å². The zero-order chi connectivity index (χ0) is 12.1. The van der Waals surface area contributed by atoms with Crippen LogP contribution in [0, 0.1) is 5.92 Å². The van der Waals surface area contributed by atoms with E-state index in [4.69, 9.17) is 16.3 Å². The van der Waals surface area contributed by atoms with Crippen molar-refractivity contribution in [2.45, 2.75) is 19.8 Å². The molecule has 17 heavy (non-hydrogen) atoms. The summed E-state index contributed by atoms with van der Waals surface area (Å²) in [6.45, 7) is 5.77. The van der Waals surface area contributed by atoms with E-state index in [1.165, 1.54) is 6.33 Å². The molecule has 94 valence electrons. The summed E-state index contributed by atoms with van der Waals surface area (Å²) in [4.78, 5) is 10.4. The van der Waals surface area contributed by atoms with Crippen LogP contribution in [-0.4, -0.2) is 36.3 Å². The standard InChI is InChI=1S/C12H18ClN3O/c1-2-17-8-10-3-5-16(6-4-10)12-7-11(13)14-9-15-12/h7,9-10H,2-6,8H2,1H3. The Kier molecular flexibility index (Phi) is 4.57. The molecule has 1 aliphatic rings. The summed E-state index contributed by atoms with van der Waals surface area (Å²) >= 11 is 5.86. The SMILES string of the molecule is CCOCC1CCN(c2cc(Cl)ncn2)CC1. The van der Waals surface area contributed by atoms with Crippen LogP contribution in [0.4, 0.5) is 5.82 Å². The van der Waals surface area contributed by atoms with Gasteiger partial charge in [0.1, 0.15) is 17.3 Å². The third-order valence-electron chi connectivity index (χ3n) is 3.12. The van der Waals surface area contributed by atoms with Gasteiger partial charge in [-0.2, -0.15) is 0 Å². The minimum Gasteiger partial charge on any atom is -0.381 e. The first-order valence-corrected chi connectivity index (χ1v) is 6.47. The number of anilines is 1. The second-order valence-electron chi connectivity index (χ2n) is 4.29. The number of hydrogen-bond donors (Lipinski definition) is 0. The van der Waals surface area contributed by atoms with Crippen LogP contribution in [0.3, 0.4) is 0 Å². The zero-order valence-electron chi connectivity index (χ0n) is 10.1. The van der Waals surface area contributed by atoms with Gasteiger partial charge in [-0.05, 0) is 25.7 Å². The van der Waals surface area contributed by atoms with Crippen LogP contribution >= 0.6 is 11.6 Å². The van der Waals surface area contributed by atoms with Crippen LogP contribution < -0.4 is 4.90 Å². The van der Waals surface area contributed by atoms with Crippen molar-refractivity contribution in [3.05, 3.63) is 17.5 Å². The Hall–Kier alpha value is -0.870. The number of hydrogen-bond acceptors (Lipinski definition) is 4. The van der Waals surface area contributed by atoms with E-state index in [0.717, 1.165) is 45.0 Å². The molecule has 0 spiro atoms. The fourth-order valence-electron chi connectivity index (χ4n) is 2.11. The minimum absolute atomic E-state index is 0.506. The first-order valence-electron chi connectivity index (χ1n) is 6.10. The summed E-state index contributed by atoms with van der Waals surface area (Å²) in [5.41, 5.74) is 0. The van der Waals surface area contributed by atoms with E-state index in [0.29, 0.717) is 11.1 Å². The molecule has 0 unspecified atom stereocenters. The summed E-state index contributed by atoms with van der Waals surface area (Å²) in [6.07, 6.45) is 3.83. The second kappa shape index (κ2) is 6.17. The summed E-state index contributed by atoms with van der Waals surface area (Å²) in [6, 6.07) is 1.82. The number of rotatable bonds is 4.